The van der Waals surface area contributed by atoms with Crippen molar-refractivity contribution in [1.29, 1.82) is 5.26 Å². The number of nitrogens with zero attached hydrogens (tertiary/aromatic N) is 1. The van der Waals surface area contributed by atoms with Gasteiger partial charge in [0, 0.05) is 17.1 Å². The fourth-order valence-electron chi connectivity index (χ4n) is 0. The van der Waals surface area contributed by atoms with Crippen molar-refractivity contribution in [2.45, 2.75) is 0 Å². The van der Waals surface area contributed by atoms with Crippen LogP contribution in [0.4, 0.5) is 0 Å². The van der Waals surface area contributed by atoms with E-state index in [0.29, 0.717) is 0 Å². The second-order valence-electron chi connectivity index (χ2n) is 0. The topological polar surface area (TPSA) is 57.3 Å². The second kappa shape index (κ2) is 229. The minimum Gasteiger partial charge on any atom is -0.693 e. The molecule has 4 heteroatoms. The zero-order valence-electron chi connectivity index (χ0n) is 2.23. The van der Waals surface area contributed by atoms with Gasteiger partial charge in [-0.25, -0.2) is 0 Å². The van der Waals surface area contributed by atoms with E-state index in [-0.39, 0.29) is 40.3 Å². The normalized spacial score (nSPS) is 0.400. The first kappa shape index (κ1) is 49.9. The Hall–Kier alpha value is 0.489. The van der Waals surface area contributed by atoms with Crippen LogP contribution in [0, 0.1) is 11.8 Å². The van der Waals surface area contributed by atoms with Crippen LogP contribution in [0.15, 0.2) is 0 Å². The van der Waals surface area contributed by atoms with Crippen LogP contribution < -0.4 is 0 Å². The molecule has 0 aliphatic carbocycles. The van der Waals surface area contributed by atoms with Crippen LogP contribution >= 0.6 is 0 Å². The molecule has 2 nitrogen and oxygen atoms in total. The maximum Gasteiger partial charge on any atom is 2.00 e. The maximum absolute atomic E-state index is 6.25. The minimum absolute atomic E-state index is 0. The zero-order chi connectivity index (χ0) is 2.00. The fraction of sp³-hybridized carbons (Fsp3) is 0. The van der Waals surface area contributed by atoms with E-state index in [4.69, 9.17) is 11.8 Å². The van der Waals surface area contributed by atoms with Crippen LogP contribution in [0.2, 0.25) is 0 Å². The van der Waals surface area contributed by atoms with E-state index in [0.717, 1.165) is 0 Å². The van der Waals surface area contributed by atoms with Gasteiger partial charge in [0.25, 0.3) is 0 Å². The molecule has 0 saturated carbocycles. The van der Waals surface area contributed by atoms with Gasteiger partial charge in [-0.05, 0) is 0 Å². The molecule has 0 fully saturated rings. The van der Waals surface area contributed by atoms with E-state index < -0.39 is 0 Å². The molecule has 0 atom stereocenters. The van der Waals surface area contributed by atoms with Gasteiger partial charge in [0.1, 0.15) is 0 Å². The standard InChI is InChI=1S/CN.2Fe.H2N/c1-2;;;/h;;;1H2/q-1;;+2;-1. The summed E-state index contributed by atoms with van der Waals surface area (Å²) in [5, 5.41) is 6.25. The predicted molar refractivity (Wildman–Crippen MR) is 10.3 cm³/mol. The Bertz CT molecular complexity index is 12.4. The van der Waals surface area contributed by atoms with Gasteiger partial charge in [0.2, 0.25) is 0 Å². The monoisotopic (exact) mass is 154 g/mol. The molecule has 2 N–H and O–H groups in total. The molecule has 0 unspecified atom stereocenters. The molecule has 0 bridgehead atoms. The molecule has 0 amide bonds. The molecule has 32 valence electrons. The van der Waals surface area contributed by atoms with Crippen molar-refractivity contribution in [3.05, 3.63) is 12.7 Å². The molecule has 5 heavy (non-hydrogen) atoms. The van der Waals surface area contributed by atoms with Crippen molar-refractivity contribution < 1.29 is 34.1 Å². The van der Waals surface area contributed by atoms with E-state index in [2.05, 4.69) is 0 Å². The van der Waals surface area contributed by atoms with Gasteiger partial charge in [0.05, 0.1) is 0 Å². The molecule has 0 heterocycles. The van der Waals surface area contributed by atoms with Crippen LogP contribution in [0.3, 0.4) is 0 Å². The van der Waals surface area contributed by atoms with E-state index in [9.17, 15) is 0 Å². The zero-order valence-corrected chi connectivity index (χ0v) is 4.44. The Kier molecular flexibility index (Phi) is 2280. The van der Waals surface area contributed by atoms with Crippen LogP contribution in [0.25, 0.3) is 6.15 Å². The van der Waals surface area contributed by atoms with Gasteiger partial charge in [-0.3, -0.25) is 0 Å². The molecular weight excluding hydrogens is 152 g/mol. The summed E-state index contributed by atoms with van der Waals surface area (Å²) in [4.78, 5) is 0. The fourth-order valence-corrected chi connectivity index (χ4v) is 0. The third-order valence-corrected chi connectivity index (χ3v) is 0. The Morgan fingerprint density at radius 3 is 1.20 bits per heavy atom. The van der Waals surface area contributed by atoms with Crippen molar-refractivity contribution >= 4 is 0 Å². The van der Waals surface area contributed by atoms with E-state index in [1.54, 1.807) is 0 Å². The molecule has 0 aliphatic rings. The maximum atomic E-state index is 6.25. The van der Waals surface area contributed by atoms with Crippen molar-refractivity contribution in [2.24, 2.45) is 0 Å². The van der Waals surface area contributed by atoms with Crippen LogP contribution in [-0.2, 0) is 34.1 Å². The van der Waals surface area contributed by atoms with Crippen LogP contribution in [-0.4, -0.2) is 0 Å². The Labute approximate surface area is 52.5 Å². The first-order valence-electron chi connectivity index (χ1n) is 0.224. The SMILES string of the molecule is [C-]#N.[Fe+2].[Fe].[NH2-]. The molecule has 0 rings (SSSR count). The van der Waals surface area contributed by atoms with Gasteiger partial charge < -0.3 is 18.0 Å². The smallest absolute Gasteiger partial charge is 0.693 e. The van der Waals surface area contributed by atoms with Crippen LogP contribution in [0.1, 0.15) is 0 Å². The average Bonchev–Trinajstić information content (AvgIpc) is 1.00. The molecular formula is CH2Fe2N2. The van der Waals surface area contributed by atoms with Crippen molar-refractivity contribution in [3.8, 4) is 0 Å². The van der Waals surface area contributed by atoms with Crippen LogP contribution in [0.5, 0.6) is 0 Å². The molecule has 0 aromatic rings. The van der Waals surface area contributed by atoms with Gasteiger partial charge in [-0.1, -0.05) is 0 Å². The first-order chi connectivity index (χ1) is 1.00. The van der Waals surface area contributed by atoms with Gasteiger partial charge in [-0.15, -0.1) is 0 Å². The third-order valence-electron chi connectivity index (χ3n) is 0. The van der Waals surface area contributed by atoms with E-state index in [1.807, 2.05) is 0 Å². The van der Waals surface area contributed by atoms with Crippen molar-refractivity contribution in [2.75, 3.05) is 0 Å². The molecule has 0 radical (unpaired) electrons. The number of hydrogen-bond donors (Lipinski definition) is 0. The summed E-state index contributed by atoms with van der Waals surface area (Å²) in [6.45, 7) is 4.75. The summed E-state index contributed by atoms with van der Waals surface area (Å²) in [6, 6.07) is 0. The summed E-state index contributed by atoms with van der Waals surface area (Å²) >= 11 is 0. The molecule has 0 saturated heterocycles. The molecule has 0 aromatic heterocycles. The Morgan fingerprint density at radius 1 is 1.20 bits per heavy atom. The quantitative estimate of drug-likeness (QED) is 0.376. The summed E-state index contributed by atoms with van der Waals surface area (Å²) in [5.74, 6) is 0. The molecule has 0 aliphatic heterocycles. The van der Waals surface area contributed by atoms with E-state index in [1.165, 1.54) is 0 Å². The average molecular weight is 154 g/mol. The summed E-state index contributed by atoms with van der Waals surface area (Å²) < 4.78 is 0. The Morgan fingerprint density at radius 2 is 1.20 bits per heavy atom. The van der Waals surface area contributed by atoms with Gasteiger partial charge >= 0.3 is 17.1 Å². The largest absolute Gasteiger partial charge is 2.00 e. The predicted octanol–water partition coefficient (Wildman–Crippen LogP) is 0.808. The van der Waals surface area contributed by atoms with Gasteiger partial charge in [0.15, 0.2) is 0 Å². The van der Waals surface area contributed by atoms with Crippen molar-refractivity contribution in [1.82, 2.24) is 0 Å². The minimum atomic E-state index is 0. The molecule has 0 aromatic carbocycles. The first-order valence-corrected chi connectivity index (χ1v) is 0.224. The summed E-state index contributed by atoms with van der Waals surface area (Å²) in [6.07, 6.45) is 0. The second-order valence-corrected chi connectivity index (χ2v) is 0. The summed E-state index contributed by atoms with van der Waals surface area (Å²) in [7, 11) is 0. The molecule has 0 spiro atoms. The Balaban J connectivity index is -0.00000000167. The summed E-state index contributed by atoms with van der Waals surface area (Å²) in [5.41, 5.74) is 0. The number of rotatable bonds is 0. The third kappa shape index (κ3) is 116. The van der Waals surface area contributed by atoms with Crippen molar-refractivity contribution in [3.63, 3.8) is 0 Å². The van der Waals surface area contributed by atoms with E-state index >= 15 is 0 Å². The number of nitrogens with two attached hydrogens (primary N) is 1. The van der Waals surface area contributed by atoms with Gasteiger partial charge in [-0.2, -0.15) is 0 Å². The number of hydrogen-bond acceptors (Lipinski definition) is 1.